The molecule has 4 amide bonds. The van der Waals surface area contributed by atoms with Crippen molar-refractivity contribution in [3.8, 4) is 0 Å². The summed E-state index contributed by atoms with van der Waals surface area (Å²) in [6, 6.07) is 25.1. The molecule has 6 aromatic carbocycles. The summed E-state index contributed by atoms with van der Waals surface area (Å²) in [4.78, 5) is 57.9. The van der Waals surface area contributed by atoms with E-state index >= 15 is 0 Å². The summed E-state index contributed by atoms with van der Waals surface area (Å²) in [5, 5.41) is 23.4. The Hall–Kier alpha value is -5.22. The van der Waals surface area contributed by atoms with Gasteiger partial charge in [0.05, 0.1) is 19.3 Å². The van der Waals surface area contributed by atoms with Crippen LogP contribution in [-0.2, 0) is 11.2 Å². The first-order valence-corrected chi connectivity index (χ1v) is 20.1. The minimum Gasteiger partial charge on any atom is -0.394 e. The molecule has 298 valence electrons. The van der Waals surface area contributed by atoms with Gasteiger partial charge in [-0.2, -0.15) is 0 Å². The number of imide groups is 2. The van der Waals surface area contributed by atoms with Crippen LogP contribution in [0, 0.1) is 11.8 Å². The van der Waals surface area contributed by atoms with Crippen LogP contribution in [0.4, 0.5) is 0 Å². The standard InChI is InChI=1S/C39H32N2O4.C6H14O.C3H8O2/c1-21(2)22(3)41-38(44)30-18-14-26-24-12-16-28-34-29(37(43)40(36(28)42)20-8-7-11-23-9-5-4-6-10-23)17-13-25(32(24)34)27-15-19-31(39(41)45)35(30)33(26)27;1-5(2)4-6(3)7;1-5-3-2-4/h4-6,9-10,12-19,21-22H,7-8,11,20H2,1-3H3;5-7H,4H2,1-3H3;4H,2-3H2,1H3. The fourth-order valence-electron chi connectivity index (χ4n) is 8.22. The molecule has 0 saturated carbocycles. The normalized spacial score (nSPS) is 14.9. The average molecular weight is 771 g/mol. The molecule has 0 bridgehead atoms. The number of ether oxygens (including phenoxy) is 1. The van der Waals surface area contributed by atoms with Crippen molar-refractivity contribution in [1.29, 1.82) is 0 Å². The summed E-state index contributed by atoms with van der Waals surface area (Å²) >= 11 is 0. The highest BCUT2D eigenvalue weighted by atomic mass is 16.5. The number of hydrogen-bond donors (Lipinski definition) is 2. The van der Waals surface area contributed by atoms with Crippen LogP contribution in [0.15, 0.2) is 78.9 Å². The zero-order valence-corrected chi connectivity index (χ0v) is 34.1. The second-order valence-electron chi connectivity index (χ2n) is 16.0. The van der Waals surface area contributed by atoms with Gasteiger partial charge >= 0.3 is 0 Å². The molecular formula is C48H54N2O7. The third-order valence-corrected chi connectivity index (χ3v) is 11.2. The van der Waals surface area contributed by atoms with Crippen molar-refractivity contribution >= 4 is 66.7 Å². The number of aliphatic hydroxyl groups is 2. The third kappa shape index (κ3) is 7.89. The van der Waals surface area contributed by atoms with Gasteiger partial charge in [-0.3, -0.25) is 29.0 Å². The number of carbonyl (C=O) groups is 4. The Morgan fingerprint density at radius 3 is 1.40 bits per heavy atom. The quantitative estimate of drug-likeness (QED) is 0.0583. The Bertz CT molecular complexity index is 2310. The highest BCUT2D eigenvalue weighted by Crippen LogP contribution is 2.46. The SMILES string of the molecule is CC(C)C(C)N1C(=O)c2ccc3c4ccc5c6c(ccc(c7ccc(c2c37)C1=O)c64)C(=O)N(CCCCc1ccccc1)C5=O.CC(C)CC(C)O.COCCO. The van der Waals surface area contributed by atoms with Crippen LogP contribution >= 0.6 is 0 Å². The van der Waals surface area contributed by atoms with E-state index in [9.17, 15) is 19.2 Å². The van der Waals surface area contributed by atoms with Gasteiger partial charge in [0, 0.05) is 52.7 Å². The summed E-state index contributed by atoms with van der Waals surface area (Å²) in [5.74, 6) is -0.318. The lowest BCUT2D eigenvalue weighted by Gasteiger charge is -2.34. The molecule has 2 atom stereocenters. The van der Waals surface area contributed by atoms with Crippen LogP contribution in [0.2, 0.25) is 0 Å². The molecule has 0 aliphatic carbocycles. The van der Waals surface area contributed by atoms with Crippen molar-refractivity contribution in [2.75, 3.05) is 26.9 Å². The van der Waals surface area contributed by atoms with E-state index < -0.39 is 0 Å². The van der Waals surface area contributed by atoms with Crippen LogP contribution in [0.25, 0.3) is 43.1 Å². The molecule has 57 heavy (non-hydrogen) atoms. The number of nitrogens with zero attached hydrogens (tertiary/aromatic N) is 2. The van der Waals surface area contributed by atoms with Crippen LogP contribution in [0.5, 0.6) is 0 Å². The Balaban J connectivity index is 0.000000401. The Kier molecular flexibility index (Phi) is 12.7. The van der Waals surface area contributed by atoms with Gasteiger partial charge in [0.15, 0.2) is 0 Å². The number of aliphatic hydroxyl groups excluding tert-OH is 2. The van der Waals surface area contributed by atoms with E-state index in [1.807, 2.05) is 94.4 Å². The van der Waals surface area contributed by atoms with Gasteiger partial charge in [-0.15, -0.1) is 0 Å². The average Bonchev–Trinajstić information content (AvgIpc) is 3.18. The van der Waals surface area contributed by atoms with Crippen LogP contribution in [0.3, 0.4) is 0 Å². The second kappa shape index (κ2) is 17.5. The van der Waals surface area contributed by atoms with Gasteiger partial charge < -0.3 is 14.9 Å². The van der Waals surface area contributed by atoms with Gasteiger partial charge in [-0.1, -0.05) is 82.3 Å². The smallest absolute Gasteiger partial charge is 0.261 e. The maximum Gasteiger partial charge on any atom is 0.261 e. The Morgan fingerprint density at radius 2 is 1.05 bits per heavy atom. The van der Waals surface area contributed by atoms with Crippen LogP contribution in [0.1, 0.15) is 108 Å². The number of aryl methyl sites for hydroxylation is 1. The van der Waals surface area contributed by atoms with E-state index in [-0.39, 0.29) is 48.3 Å². The molecule has 2 aliphatic rings. The molecule has 9 heteroatoms. The first-order chi connectivity index (χ1) is 27.3. The van der Waals surface area contributed by atoms with Crippen molar-refractivity contribution in [2.45, 2.75) is 79.4 Å². The number of amides is 4. The van der Waals surface area contributed by atoms with Crippen LogP contribution in [-0.4, -0.2) is 82.7 Å². The van der Waals surface area contributed by atoms with E-state index in [0.29, 0.717) is 52.1 Å². The highest BCUT2D eigenvalue weighted by Gasteiger charge is 2.38. The number of unbranched alkanes of at least 4 members (excludes halogenated alkanes) is 1. The van der Waals surface area contributed by atoms with E-state index in [1.165, 1.54) is 15.4 Å². The van der Waals surface area contributed by atoms with E-state index in [4.69, 9.17) is 10.2 Å². The van der Waals surface area contributed by atoms with Gasteiger partial charge in [0.25, 0.3) is 23.6 Å². The molecule has 2 heterocycles. The second-order valence-corrected chi connectivity index (χ2v) is 16.0. The molecule has 0 spiro atoms. The molecule has 6 aromatic rings. The lowest BCUT2D eigenvalue weighted by Crippen LogP contribution is -2.47. The molecule has 8 rings (SSSR count). The van der Waals surface area contributed by atoms with E-state index in [0.717, 1.165) is 58.0 Å². The summed E-state index contributed by atoms with van der Waals surface area (Å²) in [6.45, 7) is 12.9. The van der Waals surface area contributed by atoms with E-state index in [1.54, 1.807) is 7.11 Å². The minimum atomic E-state index is -0.270. The van der Waals surface area contributed by atoms with Crippen molar-refractivity contribution in [3.63, 3.8) is 0 Å². The summed E-state index contributed by atoms with van der Waals surface area (Å²) in [6.07, 6.45) is 3.30. The number of rotatable bonds is 11. The van der Waals surface area contributed by atoms with E-state index in [2.05, 4.69) is 30.7 Å². The molecule has 0 aromatic heterocycles. The zero-order chi connectivity index (χ0) is 41.1. The maximum absolute atomic E-state index is 13.8. The lowest BCUT2D eigenvalue weighted by molar-refractivity contribution is 0.0510. The first-order valence-electron chi connectivity index (χ1n) is 20.1. The highest BCUT2D eigenvalue weighted by molar-refractivity contribution is 6.41. The topological polar surface area (TPSA) is 124 Å². The summed E-state index contributed by atoms with van der Waals surface area (Å²) < 4.78 is 4.44. The van der Waals surface area contributed by atoms with Crippen molar-refractivity contribution in [3.05, 3.63) is 107 Å². The van der Waals surface area contributed by atoms with Crippen molar-refractivity contribution in [1.82, 2.24) is 9.80 Å². The van der Waals surface area contributed by atoms with Crippen molar-refractivity contribution in [2.24, 2.45) is 11.8 Å². The number of fused-ring (bicyclic) bond motifs is 2. The fourth-order valence-corrected chi connectivity index (χ4v) is 8.22. The van der Waals surface area contributed by atoms with Gasteiger partial charge in [0.1, 0.15) is 0 Å². The molecule has 9 nitrogen and oxygen atoms in total. The summed E-state index contributed by atoms with van der Waals surface area (Å²) in [5.41, 5.74) is 3.37. The van der Waals surface area contributed by atoms with Gasteiger partial charge in [0.2, 0.25) is 0 Å². The molecule has 0 fully saturated rings. The molecule has 2 aliphatic heterocycles. The molecule has 2 unspecified atom stereocenters. The number of hydrogen-bond acceptors (Lipinski definition) is 7. The number of carbonyl (C=O) groups excluding carboxylic acids is 4. The largest absolute Gasteiger partial charge is 0.394 e. The predicted molar refractivity (Wildman–Crippen MR) is 227 cm³/mol. The van der Waals surface area contributed by atoms with Gasteiger partial charge in [-0.25, -0.2) is 0 Å². The van der Waals surface area contributed by atoms with Gasteiger partial charge in [-0.05, 0) is 114 Å². The maximum atomic E-state index is 13.8. The molecule has 0 radical (unpaired) electrons. The fraction of sp³-hybridized carbons (Fsp3) is 0.375. The molecular weight excluding hydrogens is 717 g/mol. The summed E-state index contributed by atoms with van der Waals surface area (Å²) in [7, 11) is 1.55. The first kappa shape index (κ1) is 41.4. The predicted octanol–water partition coefficient (Wildman–Crippen LogP) is 9.04. The number of benzene rings is 6. The molecule has 2 N–H and O–H groups in total. The van der Waals surface area contributed by atoms with Crippen LogP contribution < -0.4 is 0 Å². The lowest BCUT2D eigenvalue weighted by atomic mass is 9.82. The Labute approximate surface area is 334 Å². The van der Waals surface area contributed by atoms with Crippen molar-refractivity contribution < 1.29 is 34.1 Å². The molecule has 0 saturated heterocycles. The zero-order valence-electron chi connectivity index (χ0n) is 34.1. The monoisotopic (exact) mass is 770 g/mol. The third-order valence-electron chi connectivity index (χ3n) is 11.2. The number of methoxy groups -OCH3 is 1. The Morgan fingerprint density at radius 1 is 0.596 bits per heavy atom. The minimum absolute atomic E-state index is 0.120.